The maximum atomic E-state index is 10.3. The summed E-state index contributed by atoms with van der Waals surface area (Å²) in [5.41, 5.74) is 0.674. The predicted octanol–water partition coefficient (Wildman–Crippen LogP) is 0.100. The van der Waals surface area contributed by atoms with E-state index in [1.165, 1.54) is 0 Å². The first-order valence-electron chi connectivity index (χ1n) is 3.87. The number of hydrogen-bond donors (Lipinski definition) is 0. The van der Waals surface area contributed by atoms with Gasteiger partial charge in [-0.3, -0.25) is 0 Å². The van der Waals surface area contributed by atoms with E-state index < -0.39 is 11.9 Å². The second kappa shape index (κ2) is 3.29. The van der Waals surface area contributed by atoms with E-state index in [9.17, 15) is 9.90 Å². The second-order valence-electron chi connectivity index (χ2n) is 2.57. The standard InChI is InChI=1S/C9H6N2O3/c12-9(13)8-11-10-7(14-8)6-4-2-1-3-5-6/h1-5H,(H,12,13)/p-1. The van der Waals surface area contributed by atoms with Gasteiger partial charge in [0.25, 0.3) is 5.89 Å². The maximum absolute atomic E-state index is 10.3. The Kier molecular flexibility index (Phi) is 1.98. The lowest BCUT2D eigenvalue weighted by molar-refractivity contribution is -0.257. The third-order valence-corrected chi connectivity index (χ3v) is 1.62. The van der Waals surface area contributed by atoms with E-state index in [1.807, 2.05) is 6.07 Å². The molecule has 0 aliphatic carbocycles. The number of nitrogens with zero attached hydrogens (tertiary/aromatic N) is 2. The number of carbonyl (C=O) groups excluding carboxylic acids is 1. The molecule has 0 radical (unpaired) electrons. The molecule has 0 N–H and O–H groups in total. The molecule has 0 unspecified atom stereocenters. The van der Waals surface area contributed by atoms with Crippen molar-refractivity contribution in [1.82, 2.24) is 10.2 Å². The van der Waals surface area contributed by atoms with Gasteiger partial charge in [-0.05, 0) is 12.1 Å². The van der Waals surface area contributed by atoms with Gasteiger partial charge in [-0.2, -0.15) is 0 Å². The van der Waals surface area contributed by atoms with E-state index in [1.54, 1.807) is 24.3 Å². The molecule has 1 aromatic carbocycles. The van der Waals surface area contributed by atoms with Crippen molar-refractivity contribution in [1.29, 1.82) is 0 Å². The fourth-order valence-electron chi connectivity index (χ4n) is 1.00. The van der Waals surface area contributed by atoms with Crippen LogP contribution in [-0.4, -0.2) is 16.2 Å². The highest BCUT2D eigenvalue weighted by Gasteiger charge is 2.07. The summed E-state index contributed by atoms with van der Waals surface area (Å²) in [4.78, 5) is 10.3. The Morgan fingerprint density at radius 3 is 2.50 bits per heavy atom. The molecule has 1 aromatic heterocycles. The summed E-state index contributed by atoms with van der Waals surface area (Å²) >= 11 is 0. The quantitative estimate of drug-likeness (QED) is 0.669. The van der Waals surface area contributed by atoms with Gasteiger partial charge in [0.05, 0.1) is 0 Å². The van der Waals surface area contributed by atoms with Crippen LogP contribution in [-0.2, 0) is 0 Å². The molecule has 0 bridgehead atoms. The van der Waals surface area contributed by atoms with Crippen molar-refractivity contribution in [2.24, 2.45) is 0 Å². The molecule has 0 amide bonds. The third kappa shape index (κ3) is 1.47. The average molecular weight is 189 g/mol. The Hall–Kier alpha value is -2.17. The van der Waals surface area contributed by atoms with E-state index in [-0.39, 0.29) is 5.89 Å². The van der Waals surface area contributed by atoms with E-state index in [4.69, 9.17) is 4.42 Å². The molecule has 0 saturated carbocycles. The van der Waals surface area contributed by atoms with Crippen molar-refractivity contribution in [2.45, 2.75) is 0 Å². The largest absolute Gasteiger partial charge is 0.540 e. The normalized spacial score (nSPS) is 10.0. The number of aromatic nitrogens is 2. The monoisotopic (exact) mass is 189 g/mol. The van der Waals surface area contributed by atoms with Gasteiger partial charge in [0.1, 0.15) is 5.97 Å². The summed E-state index contributed by atoms with van der Waals surface area (Å²) in [5.74, 6) is -1.81. The second-order valence-corrected chi connectivity index (χ2v) is 2.57. The van der Waals surface area contributed by atoms with Crippen LogP contribution in [0.1, 0.15) is 10.7 Å². The van der Waals surface area contributed by atoms with Gasteiger partial charge in [-0.1, -0.05) is 18.2 Å². The minimum absolute atomic E-state index is 0.171. The van der Waals surface area contributed by atoms with Crippen LogP contribution in [0.25, 0.3) is 11.5 Å². The molecule has 2 aromatic rings. The van der Waals surface area contributed by atoms with E-state index in [2.05, 4.69) is 10.2 Å². The predicted molar refractivity (Wildman–Crippen MR) is 44.1 cm³/mol. The number of carbonyl (C=O) groups is 1. The molecule has 14 heavy (non-hydrogen) atoms. The van der Waals surface area contributed by atoms with E-state index in [0.29, 0.717) is 5.56 Å². The molecule has 0 saturated heterocycles. The van der Waals surface area contributed by atoms with E-state index >= 15 is 0 Å². The van der Waals surface area contributed by atoms with Crippen molar-refractivity contribution < 1.29 is 14.3 Å². The highest BCUT2D eigenvalue weighted by atomic mass is 16.4. The summed E-state index contributed by atoms with van der Waals surface area (Å²) in [6.07, 6.45) is 0. The minimum Gasteiger partial charge on any atom is -0.540 e. The fraction of sp³-hybridized carbons (Fsp3) is 0. The Balaban J connectivity index is 2.39. The Morgan fingerprint density at radius 2 is 1.93 bits per heavy atom. The topological polar surface area (TPSA) is 79.0 Å². The van der Waals surface area contributed by atoms with Crippen molar-refractivity contribution in [3.05, 3.63) is 36.2 Å². The molecular formula is C9H5N2O3-. The van der Waals surface area contributed by atoms with Crippen LogP contribution in [0.15, 0.2) is 34.7 Å². The summed E-state index contributed by atoms with van der Waals surface area (Å²) in [7, 11) is 0. The van der Waals surface area contributed by atoms with Gasteiger partial charge >= 0.3 is 0 Å². The summed E-state index contributed by atoms with van der Waals surface area (Å²) in [6, 6.07) is 8.90. The molecule has 0 aliphatic heterocycles. The highest BCUT2D eigenvalue weighted by molar-refractivity contribution is 5.80. The smallest absolute Gasteiger partial charge is 0.263 e. The lowest BCUT2D eigenvalue weighted by Crippen LogP contribution is -2.22. The van der Waals surface area contributed by atoms with Gasteiger partial charge < -0.3 is 14.3 Å². The zero-order valence-corrected chi connectivity index (χ0v) is 7.01. The number of aromatic carboxylic acids is 1. The Labute approximate surface area is 79.0 Å². The first kappa shape index (κ1) is 8.43. The Bertz CT molecular complexity index is 450. The molecule has 0 aliphatic rings. The van der Waals surface area contributed by atoms with Crippen molar-refractivity contribution in [3.63, 3.8) is 0 Å². The number of carboxylic acid groups (broad SMARTS) is 1. The zero-order chi connectivity index (χ0) is 9.97. The Morgan fingerprint density at radius 1 is 1.21 bits per heavy atom. The molecule has 5 heteroatoms. The molecule has 0 atom stereocenters. The average Bonchev–Trinajstić information content (AvgIpc) is 2.68. The molecule has 2 rings (SSSR count). The lowest BCUT2D eigenvalue weighted by atomic mass is 10.2. The maximum Gasteiger partial charge on any atom is 0.263 e. The van der Waals surface area contributed by atoms with Crippen LogP contribution < -0.4 is 5.11 Å². The van der Waals surface area contributed by atoms with Gasteiger partial charge in [0.2, 0.25) is 5.89 Å². The number of benzene rings is 1. The molecule has 1 heterocycles. The van der Waals surface area contributed by atoms with Gasteiger partial charge in [-0.25, -0.2) is 0 Å². The fourth-order valence-corrected chi connectivity index (χ4v) is 1.00. The SMILES string of the molecule is O=C([O-])c1nnc(-c2ccccc2)o1. The minimum atomic E-state index is -1.47. The lowest BCUT2D eigenvalue weighted by Gasteiger charge is -1.93. The van der Waals surface area contributed by atoms with Crippen LogP contribution in [0.5, 0.6) is 0 Å². The summed E-state index contributed by atoms with van der Waals surface area (Å²) < 4.78 is 4.85. The number of hydrogen-bond acceptors (Lipinski definition) is 5. The van der Waals surface area contributed by atoms with E-state index in [0.717, 1.165) is 0 Å². The summed E-state index contributed by atoms with van der Waals surface area (Å²) in [5, 5.41) is 17.2. The first-order chi connectivity index (χ1) is 6.77. The number of carboxylic acids is 1. The van der Waals surface area contributed by atoms with Crippen LogP contribution in [0, 0.1) is 0 Å². The molecule has 5 nitrogen and oxygen atoms in total. The van der Waals surface area contributed by atoms with Crippen molar-refractivity contribution in [2.75, 3.05) is 0 Å². The number of rotatable bonds is 2. The van der Waals surface area contributed by atoms with Gasteiger partial charge in [-0.15, -0.1) is 10.2 Å². The molecule has 0 spiro atoms. The zero-order valence-electron chi connectivity index (χ0n) is 7.01. The molecular weight excluding hydrogens is 184 g/mol. The van der Waals surface area contributed by atoms with Crippen LogP contribution in [0.4, 0.5) is 0 Å². The van der Waals surface area contributed by atoms with Crippen LogP contribution in [0.2, 0.25) is 0 Å². The molecule has 0 fully saturated rings. The third-order valence-electron chi connectivity index (χ3n) is 1.62. The van der Waals surface area contributed by atoms with Crippen molar-refractivity contribution in [3.8, 4) is 11.5 Å². The van der Waals surface area contributed by atoms with Gasteiger partial charge in [0.15, 0.2) is 0 Å². The van der Waals surface area contributed by atoms with Gasteiger partial charge in [0, 0.05) is 5.56 Å². The van der Waals surface area contributed by atoms with Crippen LogP contribution >= 0.6 is 0 Å². The molecule has 70 valence electrons. The highest BCUT2D eigenvalue weighted by Crippen LogP contribution is 2.16. The summed E-state index contributed by atoms with van der Waals surface area (Å²) in [6.45, 7) is 0. The first-order valence-corrected chi connectivity index (χ1v) is 3.87. The van der Waals surface area contributed by atoms with Crippen LogP contribution in [0.3, 0.4) is 0 Å². The van der Waals surface area contributed by atoms with Crippen molar-refractivity contribution >= 4 is 5.97 Å².